The van der Waals surface area contributed by atoms with E-state index < -0.39 is 10.8 Å². The maximum Gasteiger partial charge on any atom is 0.232 e. The van der Waals surface area contributed by atoms with Crippen molar-refractivity contribution in [3.8, 4) is 17.2 Å². The maximum atomic E-state index is 12.8. The van der Waals surface area contributed by atoms with Crippen molar-refractivity contribution < 1.29 is 28.6 Å². The van der Waals surface area contributed by atoms with Crippen LogP contribution < -0.4 is 24.8 Å². The Hall–Kier alpha value is -3.69. The summed E-state index contributed by atoms with van der Waals surface area (Å²) in [5.74, 6) is 0.417. The van der Waals surface area contributed by atoms with Crippen molar-refractivity contribution in [1.82, 2.24) is 9.97 Å². The molecule has 0 atom stereocenters. The summed E-state index contributed by atoms with van der Waals surface area (Å²) in [4.78, 5) is 46.6. The minimum Gasteiger partial charge on any atom is -0.493 e. The molecule has 0 aliphatic rings. The van der Waals surface area contributed by atoms with E-state index in [1.807, 2.05) is 0 Å². The first-order valence-electron chi connectivity index (χ1n) is 11.5. The van der Waals surface area contributed by atoms with E-state index in [0.29, 0.717) is 28.2 Å². The van der Waals surface area contributed by atoms with Crippen molar-refractivity contribution in [2.45, 2.75) is 54.9 Å². The highest BCUT2D eigenvalue weighted by Crippen LogP contribution is 2.43. The molecule has 36 heavy (non-hydrogen) atoms. The summed E-state index contributed by atoms with van der Waals surface area (Å²) in [5, 5.41) is 5.52. The van der Waals surface area contributed by atoms with E-state index in [2.05, 4.69) is 20.6 Å². The van der Waals surface area contributed by atoms with Crippen LogP contribution in [0.15, 0.2) is 12.3 Å². The Morgan fingerprint density at radius 1 is 0.833 bits per heavy atom. The molecular weight excluding hydrogens is 464 g/mol. The van der Waals surface area contributed by atoms with Gasteiger partial charge in [0.25, 0.3) is 0 Å². The number of aromatic nitrogens is 2. The highest BCUT2D eigenvalue weighted by Gasteiger charge is 2.27. The molecule has 196 valence electrons. The number of rotatable bonds is 8. The van der Waals surface area contributed by atoms with E-state index >= 15 is 0 Å². The lowest BCUT2D eigenvalue weighted by atomic mass is 9.94. The fraction of sp³-hybridized carbons (Fsp3) is 0.500. The van der Waals surface area contributed by atoms with Crippen LogP contribution in [0.25, 0.3) is 0 Å². The summed E-state index contributed by atoms with van der Waals surface area (Å²) >= 11 is 0. The van der Waals surface area contributed by atoms with Gasteiger partial charge in [0.15, 0.2) is 17.3 Å². The summed E-state index contributed by atoms with van der Waals surface area (Å²) in [7, 11) is 4.39. The number of Topliss-reactive ketones (excluding diaryl/α,β-unsaturated/α-hetero) is 1. The standard InChI is InChI=1S/C26H36N4O6/c1-14(31)18-15(12-17(34-8)19(35-9)20(18)36-10)11-16-13-27-24(30-23(33)26(5,6)7)29-21(16)28-22(32)25(2,3)4/h12-13H,11H2,1-10H3,(H2,27,28,29,30,32,33). The van der Waals surface area contributed by atoms with Crippen LogP contribution in [-0.4, -0.2) is 48.9 Å². The second-order valence-corrected chi connectivity index (χ2v) is 10.4. The molecule has 0 bridgehead atoms. The predicted octanol–water partition coefficient (Wildman–Crippen LogP) is 4.27. The molecule has 1 aromatic carbocycles. The number of hydrogen-bond acceptors (Lipinski definition) is 8. The third-order valence-electron chi connectivity index (χ3n) is 5.33. The maximum absolute atomic E-state index is 12.8. The Kier molecular flexibility index (Phi) is 8.66. The molecule has 2 aromatic rings. The van der Waals surface area contributed by atoms with E-state index in [1.165, 1.54) is 34.4 Å². The van der Waals surface area contributed by atoms with Crippen molar-refractivity contribution in [1.29, 1.82) is 0 Å². The summed E-state index contributed by atoms with van der Waals surface area (Å²) in [5.41, 5.74) is 0.0437. The van der Waals surface area contributed by atoms with E-state index in [0.717, 1.165) is 0 Å². The highest BCUT2D eigenvalue weighted by molar-refractivity contribution is 6.00. The first kappa shape index (κ1) is 28.5. The number of carbonyl (C=O) groups is 3. The fourth-order valence-corrected chi connectivity index (χ4v) is 3.23. The summed E-state index contributed by atoms with van der Waals surface area (Å²) in [6.07, 6.45) is 1.68. The average molecular weight is 501 g/mol. The van der Waals surface area contributed by atoms with Crippen LogP contribution >= 0.6 is 0 Å². The third-order valence-corrected chi connectivity index (χ3v) is 5.33. The first-order valence-corrected chi connectivity index (χ1v) is 11.5. The van der Waals surface area contributed by atoms with Crippen LogP contribution in [0.5, 0.6) is 17.2 Å². The molecule has 1 aromatic heterocycles. The molecular formula is C26H36N4O6. The Bertz CT molecular complexity index is 1160. The van der Waals surface area contributed by atoms with Gasteiger partial charge in [-0.25, -0.2) is 4.98 Å². The van der Waals surface area contributed by atoms with Crippen molar-refractivity contribution in [2.75, 3.05) is 32.0 Å². The molecule has 0 unspecified atom stereocenters. The van der Waals surface area contributed by atoms with Crippen LogP contribution in [0.3, 0.4) is 0 Å². The van der Waals surface area contributed by atoms with Gasteiger partial charge in [-0.1, -0.05) is 41.5 Å². The van der Waals surface area contributed by atoms with Crippen molar-refractivity contribution in [3.63, 3.8) is 0 Å². The van der Waals surface area contributed by atoms with E-state index in [4.69, 9.17) is 14.2 Å². The minimum absolute atomic E-state index is 0.0552. The smallest absolute Gasteiger partial charge is 0.232 e. The van der Waals surface area contributed by atoms with Gasteiger partial charge in [0, 0.05) is 29.0 Å². The number of hydrogen-bond donors (Lipinski definition) is 2. The summed E-state index contributed by atoms with van der Waals surface area (Å²) in [6.45, 7) is 12.1. The van der Waals surface area contributed by atoms with Crippen molar-refractivity contribution >= 4 is 29.4 Å². The van der Waals surface area contributed by atoms with E-state index in [-0.39, 0.29) is 41.5 Å². The average Bonchev–Trinajstić information content (AvgIpc) is 2.77. The molecule has 2 amide bonds. The quantitative estimate of drug-likeness (QED) is 0.514. The van der Waals surface area contributed by atoms with Gasteiger partial charge in [-0.2, -0.15) is 4.98 Å². The number of nitrogens with one attached hydrogen (secondary N) is 2. The predicted molar refractivity (Wildman–Crippen MR) is 137 cm³/mol. The zero-order chi connectivity index (χ0) is 27.4. The zero-order valence-corrected chi connectivity index (χ0v) is 22.7. The van der Waals surface area contributed by atoms with Gasteiger partial charge in [-0.3, -0.25) is 19.7 Å². The normalized spacial score (nSPS) is 11.5. The molecule has 2 rings (SSSR count). The van der Waals surface area contributed by atoms with E-state index in [9.17, 15) is 14.4 Å². The van der Waals surface area contributed by atoms with E-state index in [1.54, 1.807) is 47.6 Å². The molecule has 2 N–H and O–H groups in total. The number of ether oxygens (including phenoxy) is 3. The van der Waals surface area contributed by atoms with Crippen LogP contribution in [0, 0.1) is 10.8 Å². The number of amides is 2. The molecule has 0 aliphatic carbocycles. The lowest BCUT2D eigenvalue weighted by Crippen LogP contribution is -2.30. The molecule has 10 nitrogen and oxygen atoms in total. The Labute approximate surface area is 212 Å². The number of benzene rings is 1. The molecule has 0 fully saturated rings. The van der Waals surface area contributed by atoms with Gasteiger partial charge in [0.1, 0.15) is 5.82 Å². The minimum atomic E-state index is -0.700. The number of ketones is 1. The number of nitrogens with zero attached hydrogens (tertiary/aromatic N) is 2. The van der Waals surface area contributed by atoms with Gasteiger partial charge >= 0.3 is 0 Å². The second kappa shape index (κ2) is 10.9. The molecule has 10 heteroatoms. The lowest BCUT2D eigenvalue weighted by Gasteiger charge is -2.21. The Morgan fingerprint density at radius 2 is 1.39 bits per heavy atom. The summed E-state index contributed by atoms with van der Waals surface area (Å²) < 4.78 is 16.4. The van der Waals surface area contributed by atoms with Crippen molar-refractivity contribution in [3.05, 3.63) is 29.0 Å². The number of anilines is 2. The Morgan fingerprint density at radius 3 is 1.86 bits per heavy atom. The molecule has 0 spiro atoms. The van der Waals surface area contributed by atoms with Crippen LogP contribution in [-0.2, 0) is 16.0 Å². The number of carbonyl (C=O) groups excluding carboxylic acids is 3. The highest BCUT2D eigenvalue weighted by atomic mass is 16.5. The summed E-state index contributed by atoms with van der Waals surface area (Å²) in [6, 6.07) is 1.68. The van der Waals surface area contributed by atoms with Gasteiger partial charge in [-0.05, 0) is 18.6 Å². The van der Waals surface area contributed by atoms with Crippen molar-refractivity contribution in [2.24, 2.45) is 10.8 Å². The molecule has 0 radical (unpaired) electrons. The van der Waals surface area contributed by atoms with Gasteiger partial charge < -0.3 is 19.5 Å². The third kappa shape index (κ3) is 6.50. The van der Waals surface area contributed by atoms with Gasteiger partial charge in [0.2, 0.25) is 23.5 Å². The topological polar surface area (TPSA) is 129 Å². The van der Waals surface area contributed by atoms with Crippen LogP contribution in [0.2, 0.25) is 0 Å². The molecule has 0 aliphatic heterocycles. The zero-order valence-electron chi connectivity index (χ0n) is 22.7. The van der Waals surface area contributed by atoms with Gasteiger partial charge in [-0.15, -0.1) is 0 Å². The SMILES string of the molecule is COc1cc(Cc2cnc(NC(=O)C(C)(C)C)nc2NC(=O)C(C)(C)C)c(C(C)=O)c(OC)c1OC. The second-order valence-electron chi connectivity index (χ2n) is 10.4. The van der Waals surface area contributed by atoms with Crippen LogP contribution in [0.1, 0.15) is 70.0 Å². The first-order chi connectivity index (χ1) is 16.6. The molecule has 0 saturated carbocycles. The number of methoxy groups -OCH3 is 3. The largest absolute Gasteiger partial charge is 0.493 e. The molecule has 0 saturated heterocycles. The molecule has 1 heterocycles. The van der Waals surface area contributed by atoms with Gasteiger partial charge in [0.05, 0.1) is 26.9 Å². The fourth-order valence-electron chi connectivity index (χ4n) is 3.23. The monoisotopic (exact) mass is 500 g/mol. The lowest BCUT2D eigenvalue weighted by molar-refractivity contribution is -0.123. The Balaban J connectivity index is 2.66. The van der Waals surface area contributed by atoms with Crippen LogP contribution in [0.4, 0.5) is 11.8 Å².